The van der Waals surface area contributed by atoms with E-state index in [-0.39, 0.29) is 17.4 Å². The number of pyridine rings is 1. The Hall–Kier alpha value is -2.50. The van der Waals surface area contributed by atoms with Crippen molar-refractivity contribution in [3.63, 3.8) is 0 Å². The minimum atomic E-state index is -1.06. The highest BCUT2D eigenvalue weighted by Gasteiger charge is 2.12. The maximum atomic E-state index is 11.8. The van der Waals surface area contributed by atoms with E-state index in [9.17, 15) is 9.59 Å². The molecule has 2 aromatic heterocycles. The molecule has 2 rings (SSSR count). The van der Waals surface area contributed by atoms with E-state index in [4.69, 9.17) is 5.11 Å². The molecule has 0 spiro atoms. The van der Waals surface area contributed by atoms with Crippen LogP contribution in [-0.4, -0.2) is 31.6 Å². The fourth-order valence-corrected chi connectivity index (χ4v) is 1.74. The van der Waals surface area contributed by atoms with Crippen LogP contribution >= 0.6 is 0 Å². The SMILES string of the molecule is CC(C)C(=O)c1cnn(Cc2ccc(C(=O)O)nc2)c1. The van der Waals surface area contributed by atoms with Crippen LogP contribution in [0.2, 0.25) is 0 Å². The number of nitrogens with zero attached hydrogens (tertiary/aromatic N) is 3. The average molecular weight is 273 g/mol. The van der Waals surface area contributed by atoms with Gasteiger partial charge in [-0.15, -0.1) is 0 Å². The Bertz CT molecular complexity index is 629. The van der Waals surface area contributed by atoms with E-state index in [0.717, 1.165) is 5.56 Å². The molecule has 0 aromatic carbocycles. The lowest BCUT2D eigenvalue weighted by molar-refractivity contribution is 0.0690. The summed E-state index contributed by atoms with van der Waals surface area (Å²) in [6, 6.07) is 3.13. The van der Waals surface area contributed by atoms with Gasteiger partial charge in [0.2, 0.25) is 0 Å². The highest BCUT2D eigenvalue weighted by atomic mass is 16.4. The first-order valence-electron chi connectivity index (χ1n) is 6.22. The molecule has 0 fully saturated rings. The van der Waals surface area contributed by atoms with Crippen LogP contribution in [0.15, 0.2) is 30.7 Å². The van der Waals surface area contributed by atoms with Gasteiger partial charge in [0.1, 0.15) is 5.69 Å². The number of ketones is 1. The third-order valence-electron chi connectivity index (χ3n) is 2.83. The van der Waals surface area contributed by atoms with Crippen molar-refractivity contribution in [1.29, 1.82) is 0 Å². The fourth-order valence-electron chi connectivity index (χ4n) is 1.74. The molecule has 6 heteroatoms. The summed E-state index contributed by atoms with van der Waals surface area (Å²) >= 11 is 0. The lowest BCUT2D eigenvalue weighted by Gasteiger charge is -2.02. The molecule has 0 radical (unpaired) electrons. The van der Waals surface area contributed by atoms with Crippen molar-refractivity contribution in [2.24, 2.45) is 5.92 Å². The summed E-state index contributed by atoms with van der Waals surface area (Å²) in [5, 5.41) is 12.9. The molecule has 0 bridgehead atoms. The summed E-state index contributed by atoms with van der Waals surface area (Å²) in [6.07, 6.45) is 4.73. The van der Waals surface area contributed by atoms with Crippen molar-refractivity contribution in [2.75, 3.05) is 0 Å². The first kappa shape index (κ1) is 13.9. The number of carboxylic acids is 1. The molecular weight excluding hydrogens is 258 g/mol. The predicted molar refractivity (Wildman–Crippen MR) is 71.7 cm³/mol. The average Bonchev–Trinajstić information content (AvgIpc) is 2.86. The van der Waals surface area contributed by atoms with Crippen LogP contribution in [0.25, 0.3) is 0 Å². The summed E-state index contributed by atoms with van der Waals surface area (Å²) in [5.74, 6) is -1.07. The second-order valence-electron chi connectivity index (χ2n) is 4.80. The monoisotopic (exact) mass is 273 g/mol. The number of hydrogen-bond acceptors (Lipinski definition) is 4. The quantitative estimate of drug-likeness (QED) is 0.840. The van der Waals surface area contributed by atoms with Crippen LogP contribution in [0.1, 0.15) is 40.3 Å². The standard InChI is InChI=1S/C14H15N3O3/c1-9(2)13(18)11-6-16-17(8-11)7-10-3-4-12(14(19)20)15-5-10/h3-6,8-9H,7H2,1-2H3,(H,19,20). The number of carbonyl (C=O) groups excluding carboxylic acids is 1. The fraction of sp³-hybridized carbons (Fsp3) is 0.286. The minimum absolute atomic E-state index is 0.00453. The Morgan fingerprint density at radius 1 is 1.30 bits per heavy atom. The van der Waals surface area contributed by atoms with Crippen molar-refractivity contribution >= 4 is 11.8 Å². The normalized spacial score (nSPS) is 10.8. The lowest BCUT2D eigenvalue weighted by atomic mass is 10.1. The Morgan fingerprint density at radius 3 is 2.60 bits per heavy atom. The lowest BCUT2D eigenvalue weighted by Crippen LogP contribution is -2.06. The van der Waals surface area contributed by atoms with Gasteiger partial charge in [0, 0.05) is 18.3 Å². The van der Waals surface area contributed by atoms with E-state index in [0.29, 0.717) is 12.1 Å². The zero-order chi connectivity index (χ0) is 14.7. The van der Waals surface area contributed by atoms with Gasteiger partial charge in [-0.25, -0.2) is 9.78 Å². The minimum Gasteiger partial charge on any atom is -0.477 e. The first-order chi connectivity index (χ1) is 9.47. The smallest absolute Gasteiger partial charge is 0.354 e. The summed E-state index contributed by atoms with van der Waals surface area (Å²) in [4.78, 5) is 26.3. The zero-order valence-corrected chi connectivity index (χ0v) is 11.3. The van der Waals surface area contributed by atoms with E-state index < -0.39 is 5.97 Å². The number of Topliss-reactive ketones (excluding diaryl/α,β-unsaturated/α-hetero) is 1. The van der Waals surface area contributed by atoms with Gasteiger partial charge in [-0.05, 0) is 11.6 Å². The maximum absolute atomic E-state index is 11.8. The van der Waals surface area contributed by atoms with Crippen LogP contribution in [0, 0.1) is 5.92 Å². The summed E-state index contributed by atoms with van der Waals surface area (Å²) in [7, 11) is 0. The molecule has 0 amide bonds. The van der Waals surface area contributed by atoms with E-state index in [1.54, 1.807) is 23.1 Å². The molecule has 0 aliphatic heterocycles. The van der Waals surface area contributed by atoms with Gasteiger partial charge < -0.3 is 5.11 Å². The second-order valence-corrected chi connectivity index (χ2v) is 4.80. The van der Waals surface area contributed by atoms with Crippen LogP contribution < -0.4 is 0 Å². The van der Waals surface area contributed by atoms with Crippen molar-refractivity contribution in [3.05, 3.63) is 47.5 Å². The molecular formula is C14H15N3O3. The van der Waals surface area contributed by atoms with Crippen molar-refractivity contribution in [2.45, 2.75) is 20.4 Å². The van der Waals surface area contributed by atoms with E-state index >= 15 is 0 Å². The number of hydrogen-bond donors (Lipinski definition) is 1. The molecule has 0 unspecified atom stereocenters. The number of aromatic carboxylic acids is 1. The van der Waals surface area contributed by atoms with E-state index in [1.165, 1.54) is 12.3 Å². The number of carboxylic acid groups (broad SMARTS) is 1. The van der Waals surface area contributed by atoms with Gasteiger partial charge in [-0.1, -0.05) is 19.9 Å². The van der Waals surface area contributed by atoms with E-state index in [1.807, 2.05) is 13.8 Å². The van der Waals surface area contributed by atoms with Gasteiger partial charge in [-0.3, -0.25) is 9.48 Å². The number of carbonyl (C=O) groups is 2. The Morgan fingerprint density at radius 2 is 2.05 bits per heavy atom. The van der Waals surface area contributed by atoms with Crippen molar-refractivity contribution in [1.82, 2.24) is 14.8 Å². The molecule has 0 saturated carbocycles. The van der Waals surface area contributed by atoms with Gasteiger partial charge in [-0.2, -0.15) is 5.10 Å². The first-order valence-corrected chi connectivity index (χ1v) is 6.22. The van der Waals surface area contributed by atoms with Crippen LogP contribution in [0.3, 0.4) is 0 Å². The molecule has 104 valence electrons. The van der Waals surface area contributed by atoms with Gasteiger partial charge >= 0.3 is 5.97 Å². The van der Waals surface area contributed by atoms with E-state index in [2.05, 4.69) is 10.1 Å². The molecule has 0 aliphatic rings. The Balaban J connectivity index is 2.10. The van der Waals surface area contributed by atoms with Gasteiger partial charge in [0.05, 0.1) is 18.3 Å². The highest BCUT2D eigenvalue weighted by molar-refractivity contribution is 5.96. The molecule has 2 aromatic rings. The van der Waals surface area contributed by atoms with Crippen molar-refractivity contribution < 1.29 is 14.7 Å². The summed E-state index contributed by atoms with van der Waals surface area (Å²) in [5.41, 5.74) is 1.40. The molecule has 0 atom stereocenters. The molecule has 2 heterocycles. The maximum Gasteiger partial charge on any atom is 0.354 e. The predicted octanol–water partition coefficient (Wildman–Crippen LogP) is 1.86. The molecule has 0 aliphatic carbocycles. The number of aromatic nitrogens is 3. The third-order valence-corrected chi connectivity index (χ3v) is 2.83. The Kier molecular flexibility index (Phi) is 3.93. The van der Waals surface area contributed by atoms with Crippen LogP contribution in [0.5, 0.6) is 0 Å². The molecule has 6 nitrogen and oxygen atoms in total. The topological polar surface area (TPSA) is 85.1 Å². The molecule has 20 heavy (non-hydrogen) atoms. The summed E-state index contributed by atoms with van der Waals surface area (Å²) < 4.78 is 1.63. The van der Waals surface area contributed by atoms with Crippen molar-refractivity contribution in [3.8, 4) is 0 Å². The second kappa shape index (κ2) is 5.64. The zero-order valence-electron chi connectivity index (χ0n) is 11.3. The number of rotatable bonds is 5. The Labute approximate surface area is 116 Å². The van der Waals surface area contributed by atoms with Gasteiger partial charge in [0.25, 0.3) is 0 Å². The molecule has 1 N–H and O–H groups in total. The van der Waals surface area contributed by atoms with Gasteiger partial charge in [0.15, 0.2) is 5.78 Å². The summed E-state index contributed by atoms with van der Waals surface area (Å²) in [6.45, 7) is 4.13. The third kappa shape index (κ3) is 3.09. The highest BCUT2D eigenvalue weighted by Crippen LogP contribution is 2.09. The van der Waals surface area contributed by atoms with Crippen LogP contribution in [-0.2, 0) is 6.54 Å². The molecule has 0 saturated heterocycles. The van der Waals surface area contributed by atoms with Crippen LogP contribution in [0.4, 0.5) is 0 Å². The largest absolute Gasteiger partial charge is 0.477 e.